The number of amidine groups is 1. The van der Waals surface area contributed by atoms with Gasteiger partial charge in [0.2, 0.25) is 0 Å². The van der Waals surface area contributed by atoms with Gasteiger partial charge in [-0.2, -0.15) is 0 Å². The second-order valence-corrected chi connectivity index (χ2v) is 9.22. The molecule has 1 unspecified atom stereocenters. The van der Waals surface area contributed by atoms with Crippen molar-refractivity contribution < 1.29 is 9.13 Å². The number of aliphatic imine (C=N–C) groups is 1. The lowest BCUT2D eigenvalue weighted by Crippen LogP contribution is -2.43. The van der Waals surface area contributed by atoms with Crippen LogP contribution in [0.15, 0.2) is 47.4 Å². The van der Waals surface area contributed by atoms with Crippen molar-refractivity contribution in [2.45, 2.75) is 50.7 Å². The Labute approximate surface area is 181 Å². The normalized spacial score (nSPS) is 29.9. The van der Waals surface area contributed by atoms with Crippen LogP contribution in [0.3, 0.4) is 0 Å². The molecule has 1 aliphatic heterocycles. The molecule has 2 aromatic rings. The fourth-order valence-corrected chi connectivity index (χ4v) is 5.76. The number of aromatic nitrogens is 1. The average Bonchev–Trinajstić information content (AvgIpc) is 3.18. The van der Waals surface area contributed by atoms with Gasteiger partial charge in [-0.25, -0.2) is 9.38 Å². The number of aryl methyl sites for hydroxylation is 1. The molecular formula is C24H25ClFN3O. The first kappa shape index (κ1) is 19.7. The van der Waals surface area contributed by atoms with Gasteiger partial charge < -0.3 is 10.5 Å². The number of rotatable bonds is 2. The molecule has 156 valence electrons. The van der Waals surface area contributed by atoms with E-state index in [0.717, 1.165) is 54.5 Å². The Balaban J connectivity index is 1.64. The molecule has 2 aliphatic carbocycles. The lowest BCUT2D eigenvalue weighted by Gasteiger charge is -2.45. The summed E-state index contributed by atoms with van der Waals surface area (Å²) in [6.45, 7) is 1.88. The molecule has 4 nitrogen and oxygen atoms in total. The highest BCUT2D eigenvalue weighted by atomic mass is 35.5. The molecule has 1 saturated carbocycles. The molecule has 6 heteroatoms. The third-order valence-corrected chi connectivity index (χ3v) is 7.70. The van der Waals surface area contributed by atoms with Gasteiger partial charge in [0.1, 0.15) is 5.54 Å². The van der Waals surface area contributed by atoms with Gasteiger partial charge in [-0.3, -0.25) is 4.98 Å². The summed E-state index contributed by atoms with van der Waals surface area (Å²) in [4.78, 5) is 9.18. The van der Waals surface area contributed by atoms with Crippen LogP contribution in [0.4, 0.5) is 4.39 Å². The molecule has 0 radical (unpaired) electrons. The van der Waals surface area contributed by atoms with Crippen molar-refractivity contribution in [3.8, 4) is 11.1 Å². The Morgan fingerprint density at radius 3 is 2.60 bits per heavy atom. The third kappa shape index (κ3) is 2.75. The molecule has 0 amide bonds. The van der Waals surface area contributed by atoms with E-state index in [1.54, 1.807) is 13.2 Å². The number of methoxy groups -OCH3 is 1. The molecule has 2 heterocycles. The standard InChI is InChI=1S/C24H25ClFN3O/c1-14-20(25)10-17(13-28-14)15-3-4-16-11-23(7-5-18(30-2)6-8-23)24(19(16)9-15)12-21(26)22(27)29-24/h3-4,9-10,12-13,18H,5-8,11H2,1-2H3,(H2,27,29). The maximum absolute atomic E-state index is 14.7. The molecule has 0 bridgehead atoms. The van der Waals surface area contributed by atoms with Gasteiger partial charge in [0.15, 0.2) is 11.7 Å². The Morgan fingerprint density at radius 2 is 1.97 bits per heavy atom. The predicted octanol–water partition coefficient (Wildman–Crippen LogP) is 5.26. The second-order valence-electron chi connectivity index (χ2n) is 8.81. The van der Waals surface area contributed by atoms with Crippen molar-refractivity contribution in [2.75, 3.05) is 7.11 Å². The van der Waals surface area contributed by atoms with E-state index in [0.29, 0.717) is 5.02 Å². The summed E-state index contributed by atoms with van der Waals surface area (Å²) in [6.07, 6.45) is 8.35. The predicted molar refractivity (Wildman–Crippen MR) is 117 cm³/mol. The number of halogens is 2. The molecule has 5 rings (SSSR count). The number of ether oxygens (including phenoxy) is 1. The van der Waals surface area contributed by atoms with Crippen molar-refractivity contribution in [2.24, 2.45) is 16.1 Å². The first-order valence-electron chi connectivity index (χ1n) is 10.4. The minimum absolute atomic E-state index is 0.00143. The van der Waals surface area contributed by atoms with E-state index >= 15 is 0 Å². The molecular weight excluding hydrogens is 401 g/mol. The van der Waals surface area contributed by atoms with Crippen LogP contribution < -0.4 is 5.73 Å². The summed E-state index contributed by atoms with van der Waals surface area (Å²) in [6, 6.07) is 8.29. The molecule has 3 aliphatic rings. The molecule has 1 fully saturated rings. The Bertz CT molecular complexity index is 1070. The van der Waals surface area contributed by atoms with E-state index in [9.17, 15) is 4.39 Å². The van der Waals surface area contributed by atoms with E-state index in [1.165, 1.54) is 5.56 Å². The molecule has 1 aromatic carbocycles. The summed E-state index contributed by atoms with van der Waals surface area (Å²) in [5.41, 5.74) is 10.0. The second kappa shape index (κ2) is 6.89. The Kier molecular flexibility index (Phi) is 4.53. The molecule has 2 spiro atoms. The zero-order valence-electron chi connectivity index (χ0n) is 17.2. The lowest BCUT2D eigenvalue weighted by atomic mass is 9.62. The van der Waals surface area contributed by atoms with Gasteiger partial charge in [0, 0.05) is 24.3 Å². The topological polar surface area (TPSA) is 60.5 Å². The highest BCUT2D eigenvalue weighted by Crippen LogP contribution is 2.62. The van der Waals surface area contributed by atoms with Crippen LogP contribution in [0.1, 0.15) is 42.5 Å². The highest BCUT2D eigenvalue weighted by Gasteiger charge is 2.59. The van der Waals surface area contributed by atoms with Gasteiger partial charge in [-0.15, -0.1) is 0 Å². The van der Waals surface area contributed by atoms with Crippen LogP contribution in [-0.4, -0.2) is 24.0 Å². The zero-order valence-corrected chi connectivity index (χ0v) is 18.0. The monoisotopic (exact) mass is 425 g/mol. The summed E-state index contributed by atoms with van der Waals surface area (Å²) in [5, 5.41) is 0.631. The first-order chi connectivity index (χ1) is 14.4. The highest BCUT2D eigenvalue weighted by molar-refractivity contribution is 6.31. The van der Waals surface area contributed by atoms with Crippen molar-refractivity contribution in [3.63, 3.8) is 0 Å². The minimum atomic E-state index is -0.757. The van der Waals surface area contributed by atoms with Crippen LogP contribution in [0.2, 0.25) is 5.02 Å². The molecule has 1 atom stereocenters. The molecule has 0 saturated heterocycles. The van der Waals surface area contributed by atoms with Crippen LogP contribution in [0, 0.1) is 12.3 Å². The summed E-state index contributed by atoms with van der Waals surface area (Å²) >= 11 is 6.31. The van der Waals surface area contributed by atoms with E-state index in [2.05, 4.69) is 23.2 Å². The fourth-order valence-electron chi connectivity index (χ4n) is 5.59. The number of fused-ring (bicyclic) bond motifs is 3. The van der Waals surface area contributed by atoms with E-state index in [1.807, 2.05) is 19.2 Å². The first-order valence-corrected chi connectivity index (χ1v) is 10.8. The molecule has 30 heavy (non-hydrogen) atoms. The maximum Gasteiger partial charge on any atom is 0.163 e. The van der Waals surface area contributed by atoms with Gasteiger partial charge in [-0.05, 0) is 73.9 Å². The van der Waals surface area contributed by atoms with Crippen molar-refractivity contribution in [3.05, 3.63) is 64.2 Å². The Morgan fingerprint density at radius 1 is 1.20 bits per heavy atom. The number of hydrogen-bond acceptors (Lipinski definition) is 4. The van der Waals surface area contributed by atoms with Gasteiger partial charge in [0.25, 0.3) is 0 Å². The minimum Gasteiger partial charge on any atom is -0.382 e. The smallest absolute Gasteiger partial charge is 0.163 e. The quantitative estimate of drug-likeness (QED) is 0.713. The summed E-state index contributed by atoms with van der Waals surface area (Å²) < 4.78 is 20.3. The summed E-state index contributed by atoms with van der Waals surface area (Å²) in [7, 11) is 1.76. The fraction of sp³-hybridized carbons (Fsp3) is 0.417. The van der Waals surface area contributed by atoms with Crippen LogP contribution >= 0.6 is 11.6 Å². The number of nitrogens with zero attached hydrogens (tertiary/aromatic N) is 2. The van der Waals surface area contributed by atoms with Crippen LogP contribution in [0.25, 0.3) is 11.1 Å². The van der Waals surface area contributed by atoms with Gasteiger partial charge in [-0.1, -0.05) is 23.7 Å². The van der Waals surface area contributed by atoms with Crippen molar-refractivity contribution in [1.29, 1.82) is 0 Å². The van der Waals surface area contributed by atoms with Crippen molar-refractivity contribution >= 4 is 17.4 Å². The van der Waals surface area contributed by atoms with Crippen LogP contribution in [-0.2, 0) is 16.7 Å². The number of benzene rings is 1. The molecule has 2 N–H and O–H groups in total. The van der Waals surface area contributed by atoms with Gasteiger partial charge in [0.05, 0.1) is 16.8 Å². The third-order valence-electron chi connectivity index (χ3n) is 7.32. The van der Waals surface area contributed by atoms with Crippen LogP contribution in [0.5, 0.6) is 0 Å². The number of pyridine rings is 1. The van der Waals surface area contributed by atoms with E-state index in [-0.39, 0.29) is 17.4 Å². The van der Waals surface area contributed by atoms with E-state index < -0.39 is 11.4 Å². The lowest BCUT2D eigenvalue weighted by molar-refractivity contribution is 0.00815. The summed E-state index contributed by atoms with van der Waals surface area (Å²) in [5.74, 6) is -0.414. The largest absolute Gasteiger partial charge is 0.382 e. The van der Waals surface area contributed by atoms with Gasteiger partial charge >= 0.3 is 0 Å². The van der Waals surface area contributed by atoms with Crippen molar-refractivity contribution in [1.82, 2.24) is 4.98 Å². The number of nitrogens with two attached hydrogens (primary N) is 1. The average molecular weight is 426 g/mol. The van der Waals surface area contributed by atoms with E-state index in [4.69, 9.17) is 27.1 Å². The zero-order chi connectivity index (χ0) is 21.1. The number of hydrogen-bond donors (Lipinski definition) is 1. The Hall–Kier alpha value is -2.24. The molecule has 1 aromatic heterocycles. The SMILES string of the molecule is COC1CCC2(CC1)Cc1ccc(-c3cnc(C)c(Cl)c3)cc1C21C=C(F)C(N)=N1. The maximum atomic E-state index is 14.7.